The van der Waals surface area contributed by atoms with Crippen LogP contribution in [0, 0.1) is 11.6 Å². The van der Waals surface area contributed by atoms with Gasteiger partial charge in [-0.2, -0.15) is 8.42 Å². The van der Waals surface area contributed by atoms with Crippen LogP contribution in [0.25, 0.3) is 44.6 Å². The quantitative estimate of drug-likeness (QED) is 0.0453. The minimum atomic E-state index is -3.90. The van der Waals surface area contributed by atoms with Gasteiger partial charge in [-0.25, -0.2) is 25.6 Å². The number of nitrogens with one attached hydrogen (secondary N) is 3. The minimum absolute atomic E-state index is 0.0116. The van der Waals surface area contributed by atoms with Crippen molar-refractivity contribution in [2.75, 3.05) is 95.0 Å². The van der Waals surface area contributed by atoms with Gasteiger partial charge in [0.25, 0.3) is 21.9 Å². The Bertz CT molecular complexity index is 3170. The number of carbonyl (C=O) groups is 2. The van der Waals surface area contributed by atoms with Gasteiger partial charge in [0, 0.05) is 93.0 Å². The number of fused-ring (bicyclic) bond motifs is 2. The first kappa shape index (κ1) is 57.5. The molecule has 0 radical (unpaired) electrons. The molecule has 0 aliphatic heterocycles. The number of sulfonamides is 2. The van der Waals surface area contributed by atoms with Gasteiger partial charge in [-0.3, -0.25) is 22.4 Å². The Labute approximate surface area is 409 Å². The van der Waals surface area contributed by atoms with Crippen molar-refractivity contribution < 1.29 is 77.1 Å². The minimum Gasteiger partial charge on any atom is -0.455 e. The van der Waals surface area contributed by atoms with Gasteiger partial charge in [0.05, 0.1) is 67.2 Å². The van der Waals surface area contributed by atoms with Gasteiger partial charge in [0.15, 0.2) is 0 Å². The number of hydrogen-bond donors (Lipinski definition) is 8. The molecular formula is C45H56F2N6O15S3. The normalized spacial score (nSPS) is 12.6. The maximum atomic E-state index is 13.4. The Morgan fingerprint density at radius 3 is 1.38 bits per heavy atom. The summed E-state index contributed by atoms with van der Waals surface area (Å²) < 4.78 is 117. The zero-order valence-corrected chi connectivity index (χ0v) is 42.0. The SMILES string of the molecule is CNC(=O)c1c(-c2ccc(F)cc2)oc2cc(N(C)S(C)(=O)=O)c(C(O)CNCCO)cc12.CNC(=O)c1c(-c2ccc(F)cc2)oc2cc(N(C)S(C)(=O)=O)c(C(O)COS(C)(=O)=O)cc12.NCCO. The molecule has 2 unspecified atom stereocenters. The molecule has 6 rings (SSSR count). The Morgan fingerprint density at radius 2 is 1.06 bits per heavy atom. The first-order valence-corrected chi connectivity index (χ1v) is 26.6. The topological polar surface area (TPSA) is 322 Å². The molecule has 0 saturated carbocycles. The molecule has 0 spiro atoms. The van der Waals surface area contributed by atoms with Crippen LogP contribution < -0.4 is 30.3 Å². The summed E-state index contributed by atoms with van der Waals surface area (Å²) in [5, 5.41) is 46.7. The Kier molecular flexibility index (Phi) is 19.7. The number of carbonyl (C=O) groups excluding carboxylic acids is 2. The summed E-state index contributed by atoms with van der Waals surface area (Å²) >= 11 is 0. The number of hydrogen-bond acceptors (Lipinski definition) is 17. The number of nitrogens with two attached hydrogens (primary N) is 1. The lowest BCUT2D eigenvalue weighted by atomic mass is 10.00. The third kappa shape index (κ3) is 14.5. The summed E-state index contributed by atoms with van der Waals surface area (Å²) in [7, 11) is -5.95. The summed E-state index contributed by atoms with van der Waals surface area (Å²) in [4.78, 5) is 25.5. The van der Waals surface area contributed by atoms with Gasteiger partial charge in [0.1, 0.15) is 40.4 Å². The fourth-order valence-corrected chi connectivity index (χ4v) is 8.16. The summed E-state index contributed by atoms with van der Waals surface area (Å²) in [5.74, 6) is -1.67. The highest BCUT2D eigenvalue weighted by molar-refractivity contribution is 7.92. The van der Waals surface area contributed by atoms with Crippen molar-refractivity contribution in [3.05, 3.63) is 107 Å². The van der Waals surface area contributed by atoms with Crippen LogP contribution in [-0.4, -0.2) is 144 Å². The van der Waals surface area contributed by atoms with Gasteiger partial charge in [-0.1, -0.05) is 0 Å². The molecule has 6 aromatic rings. The number of amides is 2. The van der Waals surface area contributed by atoms with Crippen LogP contribution in [0.4, 0.5) is 20.2 Å². The molecule has 71 heavy (non-hydrogen) atoms. The summed E-state index contributed by atoms with van der Waals surface area (Å²) in [6.07, 6.45) is 0.0603. The molecular weight excluding hydrogens is 999 g/mol. The van der Waals surface area contributed by atoms with Crippen molar-refractivity contribution in [2.45, 2.75) is 12.2 Å². The van der Waals surface area contributed by atoms with Gasteiger partial charge in [-0.15, -0.1) is 0 Å². The zero-order valence-electron chi connectivity index (χ0n) is 39.6. The number of halogens is 2. The third-order valence-electron chi connectivity index (χ3n) is 10.4. The zero-order chi connectivity index (χ0) is 53.2. The van der Waals surface area contributed by atoms with Crippen molar-refractivity contribution >= 4 is 75.3 Å². The highest BCUT2D eigenvalue weighted by Crippen LogP contribution is 2.41. The molecule has 0 saturated heterocycles. The van der Waals surface area contributed by atoms with E-state index < -0.39 is 72.4 Å². The summed E-state index contributed by atoms with van der Waals surface area (Å²) in [5.41, 5.74) is 6.58. The van der Waals surface area contributed by atoms with Crippen molar-refractivity contribution in [3.8, 4) is 22.6 Å². The maximum absolute atomic E-state index is 13.4. The highest BCUT2D eigenvalue weighted by atomic mass is 32.2. The van der Waals surface area contributed by atoms with Crippen LogP contribution in [0.5, 0.6) is 0 Å². The van der Waals surface area contributed by atoms with Gasteiger partial charge < -0.3 is 50.9 Å². The van der Waals surface area contributed by atoms with Crippen LogP contribution in [0.15, 0.2) is 81.6 Å². The van der Waals surface area contributed by atoms with E-state index in [1.165, 1.54) is 101 Å². The lowest BCUT2D eigenvalue weighted by Gasteiger charge is -2.23. The molecule has 2 heterocycles. The van der Waals surface area contributed by atoms with E-state index in [0.29, 0.717) is 23.1 Å². The predicted octanol–water partition coefficient (Wildman–Crippen LogP) is 2.55. The third-order valence-corrected chi connectivity index (χ3v) is 13.3. The number of aliphatic hydroxyl groups is 4. The van der Waals surface area contributed by atoms with Crippen LogP contribution in [-0.2, 0) is 34.3 Å². The molecule has 4 aromatic carbocycles. The second kappa shape index (κ2) is 24.4. The van der Waals surface area contributed by atoms with E-state index >= 15 is 0 Å². The van der Waals surface area contributed by atoms with Crippen LogP contribution >= 0.6 is 0 Å². The second-order valence-electron chi connectivity index (χ2n) is 15.5. The molecule has 2 aromatic heterocycles. The number of benzene rings is 4. The number of nitrogens with zero attached hydrogens (tertiary/aromatic N) is 2. The Hall–Kier alpha value is -6.07. The average Bonchev–Trinajstić information content (AvgIpc) is 3.89. The molecule has 26 heteroatoms. The Morgan fingerprint density at radius 1 is 0.676 bits per heavy atom. The molecule has 388 valence electrons. The summed E-state index contributed by atoms with van der Waals surface area (Å²) in [6, 6.07) is 16.2. The summed E-state index contributed by atoms with van der Waals surface area (Å²) in [6.45, 7) is -0.0759. The Balaban J connectivity index is 0.000000287. The second-order valence-corrected chi connectivity index (χ2v) is 21.2. The van der Waals surface area contributed by atoms with Crippen LogP contribution in [0.1, 0.15) is 44.1 Å². The van der Waals surface area contributed by atoms with Crippen molar-refractivity contribution in [2.24, 2.45) is 5.73 Å². The van der Waals surface area contributed by atoms with E-state index in [1.807, 2.05) is 0 Å². The lowest BCUT2D eigenvalue weighted by Crippen LogP contribution is -2.29. The fourth-order valence-electron chi connectivity index (χ4n) is 6.75. The van der Waals surface area contributed by atoms with E-state index in [2.05, 4.69) is 20.1 Å². The molecule has 0 aliphatic carbocycles. The fraction of sp³-hybridized carbons (Fsp3) is 0.333. The van der Waals surface area contributed by atoms with E-state index in [-0.39, 0.29) is 88.0 Å². The van der Waals surface area contributed by atoms with Crippen molar-refractivity contribution in [1.82, 2.24) is 16.0 Å². The standard InChI is InChI=1S/C22H26FN3O6S.C21H23FN2O8S2.C2H7NO/c1-24-22(29)20-16-10-15(18(28)12-25-8-9-27)17(26(2)33(3,30)31)11-19(16)32-21(20)13-4-6-14(23)7-5-13;1-23-21(26)19-15-9-14(17(25)11-31-34(4,29)30)16(24(2)33(3,27)28)10-18(15)32-20(19)12-5-7-13(22)8-6-12;3-1-2-4/h4-7,10-11,18,25,27-28H,8-9,12H2,1-3H3,(H,24,29);5-10,17,25H,11H2,1-4H3,(H,23,26);4H,1-3H2. The van der Waals surface area contributed by atoms with Crippen LogP contribution in [0.3, 0.4) is 0 Å². The first-order chi connectivity index (χ1) is 33.2. The largest absolute Gasteiger partial charge is 0.455 e. The number of anilines is 2. The van der Waals surface area contributed by atoms with E-state index in [1.54, 1.807) is 0 Å². The number of rotatable bonds is 18. The average molecular weight is 1060 g/mol. The molecule has 9 N–H and O–H groups in total. The molecule has 0 fully saturated rings. The lowest BCUT2D eigenvalue weighted by molar-refractivity contribution is 0.0956. The molecule has 2 atom stereocenters. The van der Waals surface area contributed by atoms with E-state index in [9.17, 15) is 53.8 Å². The van der Waals surface area contributed by atoms with Gasteiger partial charge >= 0.3 is 0 Å². The monoisotopic (exact) mass is 1050 g/mol. The van der Waals surface area contributed by atoms with E-state index in [0.717, 1.165) is 27.4 Å². The van der Waals surface area contributed by atoms with Crippen LogP contribution in [0.2, 0.25) is 0 Å². The maximum Gasteiger partial charge on any atom is 0.264 e. The van der Waals surface area contributed by atoms with Crippen molar-refractivity contribution in [1.29, 1.82) is 0 Å². The van der Waals surface area contributed by atoms with Gasteiger partial charge in [-0.05, 0) is 60.7 Å². The number of aliphatic hydroxyl groups excluding tert-OH is 4. The van der Waals surface area contributed by atoms with E-state index in [4.69, 9.17) is 24.8 Å². The molecule has 0 bridgehead atoms. The van der Waals surface area contributed by atoms with Crippen molar-refractivity contribution in [3.63, 3.8) is 0 Å². The highest BCUT2D eigenvalue weighted by Gasteiger charge is 2.30. The molecule has 2 amide bonds. The number of furan rings is 2. The predicted molar refractivity (Wildman–Crippen MR) is 263 cm³/mol. The molecule has 21 nitrogen and oxygen atoms in total. The van der Waals surface area contributed by atoms with Gasteiger partial charge in [0.2, 0.25) is 20.0 Å². The first-order valence-electron chi connectivity index (χ1n) is 21.1. The molecule has 0 aliphatic rings. The smallest absolute Gasteiger partial charge is 0.264 e.